The third kappa shape index (κ3) is 7.83. The molecule has 0 aliphatic rings. The summed E-state index contributed by atoms with van der Waals surface area (Å²) in [6.07, 6.45) is 14.8. The van der Waals surface area contributed by atoms with E-state index in [1.807, 2.05) is 19.9 Å². The molecule has 1 N–H and O–H groups in total. The second kappa shape index (κ2) is 13.4. The van der Waals surface area contributed by atoms with Crippen molar-refractivity contribution in [3.8, 4) is 0 Å². The van der Waals surface area contributed by atoms with Crippen molar-refractivity contribution in [3.05, 3.63) is 30.1 Å². The van der Waals surface area contributed by atoms with E-state index in [-0.39, 0.29) is 11.9 Å². The van der Waals surface area contributed by atoms with Crippen molar-refractivity contribution in [2.24, 2.45) is 0 Å². The normalized spacial score (nSPS) is 12.4. The van der Waals surface area contributed by atoms with Gasteiger partial charge in [-0.05, 0) is 31.9 Å². The van der Waals surface area contributed by atoms with Crippen LogP contribution in [0.5, 0.6) is 0 Å². The lowest BCUT2D eigenvalue weighted by atomic mass is 10.1. The van der Waals surface area contributed by atoms with E-state index in [4.69, 9.17) is 4.98 Å². The van der Waals surface area contributed by atoms with Crippen LogP contribution in [0.2, 0.25) is 0 Å². The van der Waals surface area contributed by atoms with Gasteiger partial charge in [0.05, 0.1) is 17.1 Å². The van der Waals surface area contributed by atoms with Crippen molar-refractivity contribution >= 4 is 16.9 Å². The van der Waals surface area contributed by atoms with Crippen molar-refractivity contribution < 1.29 is 4.79 Å². The Morgan fingerprint density at radius 2 is 1.55 bits per heavy atom. The predicted octanol–water partition coefficient (Wildman–Crippen LogP) is 6.93. The number of nitrogens with zero attached hydrogens (tertiary/aromatic N) is 2. The molecule has 29 heavy (non-hydrogen) atoms. The summed E-state index contributed by atoms with van der Waals surface area (Å²) < 4.78 is 2.32. The summed E-state index contributed by atoms with van der Waals surface area (Å²) in [7, 11) is 0. The molecule has 1 amide bonds. The average molecular weight is 400 g/mol. The van der Waals surface area contributed by atoms with Crippen LogP contribution in [0, 0.1) is 0 Å². The number of nitrogens with one attached hydrogen (secondary N) is 1. The molecular weight excluding hydrogens is 358 g/mol. The summed E-state index contributed by atoms with van der Waals surface area (Å²) in [5.74, 6) is 1.09. The predicted molar refractivity (Wildman–Crippen MR) is 123 cm³/mol. The van der Waals surface area contributed by atoms with Crippen LogP contribution in [0.3, 0.4) is 0 Å². The van der Waals surface area contributed by atoms with E-state index in [9.17, 15) is 4.79 Å². The molecule has 0 fully saturated rings. The molecular formula is C25H41N3O. The Hall–Kier alpha value is -1.84. The van der Waals surface area contributed by atoms with Crippen molar-refractivity contribution in [1.29, 1.82) is 0 Å². The van der Waals surface area contributed by atoms with Crippen LogP contribution in [-0.4, -0.2) is 15.5 Å². The summed E-state index contributed by atoms with van der Waals surface area (Å²) in [5.41, 5.74) is 2.20. The van der Waals surface area contributed by atoms with Crippen LogP contribution in [0.1, 0.15) is 110 Å². The Balaban J connectivity index is 1.85. The van der Waals surface area contributed by atoms with Crippen LogP contribution in [0.25, 0.3) is 11.0 Å². The Kier molecular flexibility index (Phi) is 10.8. The van der Waals surface area contributed by atoms with Gasteiger partial charge in [0.15, 0.2) is 0 Å². The molecule has 0 aliphatic heterocycles. The smallest absolute Gasteiger partial charge is 0.220 e. The highest BCUT2D eigenvalue weighted by molar-refractivity contribution is 5.78. The van der Waals surface area contributed by atoms with E-state index in [1.165, 1.54) is 69.7 Å². The van der Waals surface area contributed by atoms with Crippen molar-refractivity contribution in [1.82, 2.24) is 14.9 Å². The van der Waals surface area contributed by atoms with Gasteiger partial charge in [-0.25, -0.2) is 4.98 Å². The fraction of sp³-hybridized carbons (Fsp3) is 0.680. The third-order valence-corrected chi connectivity index (χ3v) is 5.66. The fourth-order valence-electron chi connectivity index (χ4n) is 4.02. The molecule has 0 spiro atoms. The number of unbranched alkanes of at least 4 members (excludes halogenated alkanes) is 9. The molecule has 0 radical (unpaired) electrons. The van der Waals surface area contributed by atoms with Gasteiger partial charge in [0, 0.05) is 13.0 Å². The van der Waals surface area contributed by atoms with E-state index >= 15 is 0 Å². The van der Waals surface area contributed by atoms with Gasteiger partial charge < -0.3 is 9.88 Å². The second-order valence-corrected chi connectivity index (χ2v) is 8.33. The molecule has 4 nitrogen and oxygen atoms in total. The molecule has 1 atom stereocenters. The quantitative estimate of drug-likeness (QED) is 0.330. The molecule has 4 heteroatoms. The third-order valence-electron chi connectivity index (χ3n) is 5.66. The number of para-hydroxylation sites is 2. The number of aryl methyl sites for hydroxylation is 1. The highest BCUT2D eigenvalue weighted by Crippen LogP contribution is 2.22. The number of carbonyl (C=O) groups excluding carboxylic acids is 1. The number of imidazole rings is 1. The van der Waals surface area contributed by atoms with Gasteiger partial charge in [-0.2, -0.15) is 0 Å². The second-order valence-electron chi connectivity index (χ2n) is 8.33. The van der Waals surface area contributed by atoms with Crippen LogP contribution in [0.15, 0.2) is 24.3 Å². The number of aromatic nitrogens is 2. The Morgan fingerprint density at radius 1 is 0.931 bits per heavy atom. The number of amides is 1. The summed E-state index contributed by atoms with van der Waals surface area (Å²) >= 11 is 0. The average Bonchev–Trinajstić information content (AvgIpc) is 3.08. The molecule has 2 aromatic rings. The Labute approximate surface area is 177 Å². The minimum atomic E-state index is -0.0652. The standard InChI is InChI=1S/C25H41N3O/c1-4-6-7-8-9-10-11-12-13-16-20-28-23-19-15-14-18-22(23)27-25(28)21(3)26-24(29)17-5-2/h14-15,18-19,21H,4-13,16-17,20H2,1-3H3,(H,26,29). The zero-order chi connectivity index (χ0) is 20.9. The lowest BCUT2D eigenvalue weighted by Gasteiger charge is -2.16. The first-order valence-corrected chi connectivity index (χ1v) is 11.9. The van der Waals surface area contributed by atoms with Gasteiger partial charge in [0.1, 0.15) is 5.82 Å². The Morgan fingerprint density at radius 3 is 2.21 bits per heavy atom. The zero-order valence-electron chi connectivity index (χ0n) is 18.9. The monoisotopic (exact) mass is 399 g/mol. The maximum absolute atomic E-state index is 12.0. The largest absolute Gasteiger partial charge is 0.346 e. The maximum Gasteiger partial charge on any atom is 0.220 e. The molecule has 0 saturated carbocycles. The number of carbonyl (C=O) groups is 1. The van der Waals surface area contributed by atoms with Gasteiger partial charge in [0.25, 0.3) is 0 Å². The molecule has 1 heterocycles. The first kappa shape index (κ1) is 23.4. The SMILES string of the molecule is CCCCCCCCCCCCn1c(C(C)NC(=O)CCC)nc2ccccc21. The van der Waals surface area contributed by atoms with Crippen LogP contribution in [-0.2, 0) is 11.3 Å². The summed E-state index contributed by atoms with van der Waals surface area (Å²) in [5, 5.41) is 3.12. The van der Waals surface area contributed by atoms with E-state index < -0.39 is 0 Å². The van der Waals surface area contributed by atoms with Gasteiger partial charge in [-0.15, -0.1) is 0 Å². The van der Waals surface area contributed by atoms with Gasteiger partial charge in [0.2, 0.25) is 5.91 Å². The molecule has 162 valence electrons. The molecule has 1 aromatic carbocycles. The van der Waals surface area contributed by atoms with E-state index in [0.29, 0.717) is 6.42 Å². The van der Waals surface area contributed by atoms with Crippen LogP contribution >= 0.6 is 0 Å². The number of benzene rings is 1. The van der Waals surface area contributed by atoms with Crippen LogP contribution < -0.4 is 5.32 Å². The molecule has 0 saturated heterocycles. The van der Waals surface area contributed by atoms with E-state index in [1.54, 1.807) is 0 Å². The first-order valence-electron chi connectivity index (χ1n) is 11.9. The highest BCUT2D eigenvalue weighted by atomic mass is 16.1. The van der Waals surface area contributed by atoms with Crippen molar-refractivity contribution in [3.63, 3.8) is 0 Å². The van der Waals surface area contributed by atoms with Crippen molar-refractivity contribution in [2.45, 2.75) is 110 Å². The van der Waals surface area contributed by atoms with Gasteiger partial charge in [-0.1, -0.05) is 83.8 Å². The van der Waals surface area contributed by atoms with Gasteiger partial charge in [-0.3, -0.25) is 4.79 Å². The summed E-state index contributed by atoms with van der Waals surface area (Å²) in [4.78, 5) is 16.9. The number of hydrogen-bond acceptors (Lipinski definition) is 2. The van der Waals surface area contributed by atoms with Crippen LogP contribution in [0.4, 0.5) is 0 Å². The maximum atomic E-state index is 12.0. The lowest BCUT2D eigenvalue weighted by Crippen LogP contribution is -2.28. The van der Waals surface area contributed by atoms with Crippen molar-refractivity contribution in [2.75, 3.05) is 0 Å². The fourth-order valence-corrected chi connectivity index (χ4v) is 4.02. The van der Waals surface area contributed by atoms with Gasteiger partial charge >= 0.3 is 0 Å². The van der Waals surface area contributed by atoms with E-state index in [2.05, 4.69) is 35.0 Å². The molecule has 0 bridgehead atoms. The molecule has 1 unspecified atom stereocenters. The highest BCUT2D eigenvalue weighted by Gasteiger charge is 2.17. The first-order chi connectivity index (χ1) is 14.2. The minimum Gasteiger partial charge on any atom is -0.346 e. The molecule has 2 rings (SSSR count). The number of fused-ring (bicyclic) bond motifs is 1. The number of rotatable bonds is 15. The summed E-state index contributed by atoms with van der Waals surface area (Å²) in [6.45, 7) is 7.32. The zero-order valence-corrected chi connectivity index (χ0v) is 18.9. The molecule has 1 aromatic heterocycles. The number of hydrogen-bond donors (Lipinski definition) is 1. The van der Waals surface area contributed by atoms with E-state index in [0.717, 1.165) is 24.3 Å². The lowest BCUT2D eigenvalue weighted by molar-refractivity contribution is -0.121. The topological polar surface area (TPSA) is 46.9 Å². The molecule has 0 aliphatic carbocycles. The minimum absolute atomic E-state index is 0.0652. The Bertz CT molecular complexity index is 722. The summed E-state index contributed by atoms with van der Waals surface area (Å²) in [6, 6.07) is 8.24.